The lowest BCUT2D eigenvalue weighted by Gasteiger charge is -2.08. The fraction of sp³-hybridized carbons (Fsp3) is 0.143. The van der Waals surface area contributed by atoms with Gasteiger partial charge in [0.1, 0.15) is 11.5 Å². The Morgan fingerprint density at radius 3 is 1.50 bits per heavy atom. The van der Waals surface area contributed by atoms with Crippen LogP contribution in [0.5, 0.6) is 11.5 Å². The molecule has 0 radical (unpaired) electrons. The summed E-state index contributed by atoms with van der Waals surface area (Å²) in [6.45, 7) is 0. The van der Waals surface area contributed by atoms with Crippen molar-refractivity contribution < 1.29 is 19.1 Å². The largest absolute Gasteiger partial charge is 0.496 e. The molecule has 8 nitrogen and oxygen atoms in total. The Morgan fingerprint density at radius 1 is 0.667 bits per heavy atom. The number of nitrogens with one attached hydrogen (secondary N) is 2. The zero-order chi connectivity index (χ0) is 25.3. The van der Waals surface area contributed by atoms with E-state index in [1.54, 1.807) is 26.6 Å². The summed E-state index contributed by atoms with van der Waals surface area (Å²) in [4.78, 5) is 24.4. The number of fused-ring (bicyclic) bond motifs is 2. The molecule has 8 heteroatoms. The minimum absolute atomic E-state index is 0.0387. The van der Waals surface area contributed by atoms with Crippen LogP contribution in [0.1, 0.15) is 24.0 Å². The standard InChI is InChI=1S/C28H26N4O4/c1-35-25-13-11-19-7-3-5-9-21(19)23(25)17-29-31-27(33)15-16-28(34)32-30-18-24-22-10-6-4-8-20(22)12-14-26(24)36-2/h3-14,17-18H,15-16H2,1-2H3,(H,31,33)(H,32,34)/b29-17+,30-18+. The number of nitrogens with zero attached hydrogens (tertiary/aromatic N) is 2. The second-order valence-electron chi connectivity index (χ2n) is 7.89. The summed E-state index contributed by atoms with van der Waals surface area (Å²) >= 11 is 0. The van der Waals surface area contributed by atoms with Gasteiger partial charge in [-0.3, -0.25) is 9.59 Å². The SMILES string of the molecule is COc1ccc2ccccc2c1/C=N/NC(=O)CCC(=O)N/N=C/c1c(OC)ccc2ccccc12. The summed E-state index contributed by atoms with van der Waals surface area (Å²) in [7, 11) is 3.16. The van der Waals surface area contributed by atoms with E-state index in [1.807, 2.05) is 72.8 Å². The number of hydrogen-bond donors (Lipinski definition) is 2. The Kier molecular flexibility index (Phi) is 7.87. The Bertz CT molecular complexity index is 1350. The third-order valence-corrected chi connectivity index (χ3v) is 5.65. The Labute approximate surface area is 208 Å². The molecule has 182 valence electrons. The van der Waals surface area contributed by atoms with Crippen LogP contribution >= 0.6 is 0 Å². The van der Waals surface area contributed by atoms with Gasteiger partial charge in [0.15, 0.2) is 0 Å². The van der Waals surface area contributed by atoms with Gasteiger partial charge in [-0.1, -0.05) is 60.7 Å². The zero-order valence-corrected chi connectivity index (χ0v) is 20.0. The summed E-state index contributed by atoms with van der Waals surface area (Å²) in [5, 5.41) is 12.1. The van der Waals surface area contributed by atoms with Crippen molar-refractivity contribution >= 4 is 45.8 Å². The molecule has 0 saturated carbocycles. The Morgan fingerprint density at radius 2 is 1.08 bits per heavy atom. The van der Waals surface area contributed by atoms with Gasteiger partial charge in [-0.05, 0) is 33.7 Å². The summed E-state index contributed by atoms with van der Waals surface area (Å²) in [6, 6.07) is 23.3. The quantitative estimate of drug-likeness (QED) is 0.273. The monoisotopic (exact) mass is 482 g/mol. The lowest BCUT2D eigenvalue weighted by Crippen LogP contribution is -2.23. The molecule has 0 unspecified atom stereocenters. The van der Waals surface area contributed by atoms with Gasteiger partial charge in [0.25, 0.3) is 0 Å². The molecule has 36 heavy (non-hydrogen) atoms. The maximum Gasteiger partial charge on any atom is 0.240 e. The average Bonchev–Trinajstić information content (AvgIpc) is 2.92. The van der Waals surface area contributed by atoms with Crippen molar-refractivity contribution in [3.8, 4) is 11.5 Å². The number of benzene rings is 4. The maximum absolute atomic E-state index is 12.2. The number of amides is 2. The topological polar surface area (TPSA) is 101 Å². The third-order valence-electron chi connectivity index (χ3n) is 5.65. The number of hydrazone groups is 2. The van der Waals surface area contributed by atoms with Crippen LogP contribution in [-0.2, 0) is 9.59 Å². The molecule has 2 N–H and O–H groups in total. The molecule has 4 aromatic carbocycles. The van der Waals surface area contributed by atoms with Gasteiger partial charge in [-0.15, -0.1) is 0 Å². The number of ether oxygens (including phenoxy) is 2. The molecule has 0 aliphatic carbocycles. The van der Waals surface area contributed by atoms with Crippen molar-refractivity contribution in [2.45, 2.75) is 12.8 Å². The summed E-state index contributed by atoms with van der Waals surface area (Å²) < 4.78 is 10.8. The van der Waals surface area contributed by atoms with Crippen LogP contribution in [0.25, 0.3) is 21.5 Å². The molecule has 0 aliphatic rings. The molecule has 0 atom stereocenters. The van der Waals surface area contributed by atoms with Gasteiger partial charge >= 0.3 is 0 Å². The number of rotatable bonds is 9. The third kappa shape index (κ3) is 5.67. The minimum atomic E-state index is -0.389. The first-order chi connectivity index (χ1) is 17.6. The molecule has 4 aromatic rings. The van der Waals surface area contributed by atoms with E-state index in [1.165, 1.54) is 0 Å². The first-order valence-electron chi connectivity index (χ1n) is 11.4. The van der Waals surface area contributed by atoms with Crippen molar-refractivity contribution in [3.05, 3.63) is 83.9 Å². The Balaban J connectivity index is 1.32. The Hall–Kier alpha value is -4.72. The van der Waals surface area contributed by atoms with E-state index in [0.717, 1.165) is 32.7 Å². The summed E-state index contributed by atoms with van der Waals surface area (Å²) in [5.74, 6) is 0.513. The molecule has 0 fully saturated rings. The van der Waals surface area contributed by atoms with Crippen molar-refractivity contribution in [2.75, 3.05) is 14.2 Å². The number of hydrogen-bond acceptors (Lipinski definition) is 6. The van der Waals surface area contributed by atoms with E-state index in [-0.39, 0.29) is 24.7 Å². The molecule has 0 aromatic heterocycles. The minimum Gasteiger partial charge on any atom is -0.496 e. The van der Waals surface area contributed by atoms with Gasteiger partial charge in [-0.2, -0.15) is 10.2 Å². The second-order valence-corrected chi connectivity index (χ2v) is 7.89. The summed E-state index contributed by atoms with van der Waals surface area (Å²) in [5.41, 5.74) is 6.43. The summed E-state index contributed by atoms with van der Waals surface area (Å²) in [6.07, 6.45) is 3.01. The fourth-order valence-corrected chi connectivity index (χ4v) is 3.85. The smallest absolute Gasteiger partial charge is 0.240 e. The normalized spacial score (nSPS) is 11.3. The predicted octanol–water partition coefficient (Wildman–Crippen LogP) is 4.39. The number of methoxy groups -OCH3 is 2. The molecule has 0 spiro atoms. The van der Waals surface area contributed by atoms with Gasteiger partial charge in [0.2, 0.25) is 11.8 Å². The van der Waals surface area contributed by atoms with E-state index in [0.29, 0.717) is 11.5 Å². The van der Waals surface area contributed by atoms with Crippen molar-refractivity contribution in [1.82, 2.24) is 10.9 Å². The predicted molar refractivity (Wildman–Crippen MR) is 142 cm³/mol. The van der Waals surface area contributed by atoms with E-state index in [9.17, 15) is 9.59 Å². The van der Waals surface area contributed by atoms with Crippen LogP contribution in [0.15, 0.2) is 83.0 Å². The van der Waals surface area contributed by atoms with Crippen LogP contribution in [0.4, 0.5) is 0 Å². The highest BCUT2D eigenvalue weighted by molar-refractivity contribution is 6.03. The van der Waals surface area contributed by atoms with E-state index >= 15 is 0 Å². The second kappa shape index (κ2) is 11.6. The van der Waals surface area contributed by atoms with Crippen LogP contribution in [0.3, 0.4) is 0 Å². The first kappa shape index (κ1) is 24.4. The molecular formula is C28H26N4O4. The number of carbonyl (C=O) groups excluding carboxylic acids is 2. The molecule has 0 aliphatic heterocycles. The van der Waals surface area contributed by atoms with Crippen LogP contribution in [0, 0.1) is 0 Å². The van der Waals surface area contributed by atoms with Crippen molar-refractivity contribution in [3.63, 3.8) is 0 Å². The lowest BCUT2D eigenvalue weighted by atomic mass is 10.0. The van der Waals surface area contributed by atoms with E-state index in [4.69, 9.17) is 9.47 Å². The highest BCUT2D eigenvalue weighted by Crippen LogP contribution is 2.27. The highest BCUT2D eigenvalue weighted by atomic mass is 16.5. The van der Waals surface area contributed by atoms with Gasteiger partial charge in [0, 0.05) is 24.0 Å². The van der Waals surface area contributed by atoms with Crippen LogP contribution in [0.2, 0.25) is 0 Å². The van der Waals surface area contributed by atoms with Crippen molar-refractivity contribution in [1.29, 1.82) is 0 Å². The van der Waals surface area contributed by atoms with Crippen LogP contribution < -0.4 is 20.3 Å². The highest BCUT2D eigenvalue weighted by Gasteiger charge is 2.09. The molecule has 4 rings (SSSR count). The lowest BCUT2D eigenvalue weighted by molar-refractivity contribution is -0.126. The van der Waals surface area contributed by atoms with E-state index in [2.05, 4.69) is 21.1 Å². The maximum atomic E-state index is 12.2. The number of carbonyl (C=O) groups is 2. The van der Waals surface area contributed by atoms with E-state index < -0.39 is 0 Å². The van der Waals surface area contributed by atoms with Gasteiger partial charge in [0.05, 0.1) is 26.6 Å². The van der Waals surface area contributed by atoms with Gasteiger partial charge in [-0.25, -0.2) is 10.9 Å². The molecule has 0 heterocycles. The molecule has 0 saturated heterocycles. The van der Waals surface area contributed by atoms with Crippen LogP contribution in [-0.4, -0.2) is 38.5 Å². The molecule has 2 amide bonds. The fourth-order valence-electron chi connectivity index (χ4n) is 3.85. The first-order valence-corrected chi connectivity index (χ1v) is 11.4. The molecular weight excluding hydrogens is 456 g/mol. The van der Waals surface area contributed by atoms with Crippen molar-refractivity contribution in [2.24, 2.45) is 10.2 Å². The zero-order valence-electron chi connectivity index (χ0n) is 20.0. The molecule has 0 bridgehead atoms. The average molecular weight is 483 g/mol. The van der Waals surface area contributed by atoms with Gasteiger partial charge < -0.3 is 9.47 Å².